The first-order valence-electron chi connectivity index (χ1n) is 2.65. The molecule has 1 aliphatic heterocycles. The summed E-state index contributed by atoms with van der Waals surface area (Å²) in [5.41, 5.74) is 0. The van der Waals surface area contributed by atoms with Crippen LogP contribution in [0.5, 0.6) is 0 Å². The van der Waals surface area contributed by atoms with E-state index in [0.29, 0.717) is 12.7 Å². The Morgan fingerprint density at radius 2 is 2.25 bits per heavy atom. The van der Waals surface area contributed by atoms with Crippen molar-refractivity contribution in [3.8, 4) is 0 Å². The lowest BCUT2D eigenvalue weighted by atomic mass is 10.4. The van der Waals surface area contributed by atoms with E-state index in [0.717, 1.165) is 0 Å². The minimum atomic E-state index is 0.348. The fourth-order valence-electron chi connectivity index (χ4n) is 0.481. The molecule has 0 radical (unpaired) electrons. The van der Waals surface area contributed by atoms with E-state index in [1.54, 1.807) is 4.81 Å². The van der Waals surface area contributed by atoms with Crippen LogP contribution >= 0.6 is 0 Å². The fraction of sp³-hybridized carbons (Fsp3) is 1.00. The van der Waals surface area contributed by atoms with Gasteiger partial charge in [-0.2, -0.15) is 0 Å². The molecule has 0 aromatic carbocycles. The Bertz CT molecular complexity index is 135. The Balaban J connectivity index is 2.58. The van der Waals surface area contributed by atoms with Gasteiger partial charge in [0, 0.05) is 0 Å². The van der Waals surface area contributed by atoms with Gasteiger partial charge in [0.25, 0.3) is 6.67 Å². The van der Waals surface area contributed by atoms with Crippen LogP contribution in [0, 0.1) is 0 Å². The molecule has 0 fully saturated rings. The molecule has 0 N–H and O–H groups in total. The quantitative estimate of drug-likeness (QED) is 0.458. The number of rotatable bonds is 1. The highest BCUT2D eigenvalue weighted by Crippen LogP contribution is 1.98. The molecule has 1 aliphatic rings. The van der Waals surface area contributed by atoms with E-state index in [1.165, 1.54) is 0 Å². The van der Waals surface area contributed by atoms with Crippen LogP contribution in [0.4, 0.5) is 0 Å². The molecule has 8 heavy (non-hydrogen) atoms. The Labute approximate surface area is 47.9 Å². The summed E-state index contributed by atoms with van der Waals surface area (Å²) in [6.45, 7) is 4.54. The molecule has 0 bridgehead atoms. The van der Waals surface area contributed by atoms with E-state index in [-0.39, 0.29) is 0 Å². The Morgan fingerprint density at radius 3 is 2.50 bits per heavy atom. The topological polar surface area (TPSA) is 40.1 Å². The first-order valence-corrected chi connectivity index (χ1v) is 2.65. The van der Waals surface area contributed by atoms with E-state index in [4.69, 9.17) is 0 Å². The van der Waals surface area contributed by atoms with E-state index in [2.05, 4.69) is 15.5 Å². The van der Waals surface area contributed by atoms with Gasteiger partial charge in [0.15, 0.2) is 5.22 Å². The summed E-state index contributed by atoms with van der Waals surface area (Å²) in [5, 5.41) is 11.3. The van der Waals surface area contributed by atoms with Crippen LogP contribution in [0.3, 0.4) is 0 Å². The molecule has 1 rings (SSSR count). The number of hydrogen-bond donors (Lipinski definition) is 0. The zero-order valence-electron chi connectivity index (χ0n) is 5.07. The van der Waals surface area contributed by atoms with Gasteiger partial charge < -0.3 is 0 Å². The molecule has 0 aromatic heterocycles. The minimum Gasteiger partial charge on any atom is -0.0465 e. The van der Waals surface area contributed by atoms with Gasteiger partial charge in [0.2, 0.25) is 0 Å². The van der Waals surface area contributed by atoms with Gasteiger partial charge in [-0.1, -0.05) is 0 Å². The molecule has 0 spiro atoms. The van der Waals surface area contributed by atoms with Crippen LogP contribution < -0.4 is 0 Å². The summed E-state index contributed by atoms with van der Waals surface area (Å²) in [6.07, 6.45) is 0. The first kappa shape index (κ1) is 5.34. The van der Waals surface area contributed by atoms with Crippen LogP contribution in [0.25, 0.3) is 0 Å². The van der Waals surface area contributed by atoms with E-state index in [9.17, 15) is 0 Å². The monoisotopic (exact) mass is 113 g/mol. The molecule has 4 heteroatoms. The van der Waals surface area contributed by atoms with E-state index >= 15 is 0 Å². The normalized spacial score (nSPS) is 17.6. The predicted molar refractivity (Wildman–Crippen MR) is 27.5 cm³/mol. The molecule has 4 nitrogen and oxygen atoms in total. The third-order valence-electron chi connectivity index (χ3n) is 0.888. The lowest BCUT2D eigenvalue weighted by Crippen LogP contribution is -2.09. The number of nitrogens with zero attached hydrogens (tertiary/aromatic N) is 4. The molecule has 0 amide bonds. The molecule has 0 atom stereocenters. The fourth-order valence-corrected chi connectivity index (χ4v) is 0.481. The second kappa shape index (κ2) is 1.98. The maximum Gasteiger partial charge on any atom is 0.286 e. The standard InChI is InChI=1S/C4H9N4/c1-4(2)8-6-3-5-7-8/h4H,3H2,1-2H3/q+1. The molecule has 0 aliphatic carbocycles. The highest BCUT2D eigenvalue weighted by atomic mass is 15.6. The predicted octanol–water partition coefficient (Wildman–Crippen LogP) is 1.20. The summed E-state index contributed by atoms with van der Waals surface area (Å²) in [6, 6.07) is 0.348. The van der Waals surface area contributed by atoms with Crippen LogP contribution in [0.2, 0.25) is 0 Å². The lowest BCUT2D eigenvalue weighted by molar-refractivity contribution is -0.625. The Hall–Kier alpha value is -0.800. The van der Waals surface area contributed by atoms with Crippen LogP contribution in [-0.2, 0) is 0 Å². The van der Waals surface area contributed by atoms with Crippen molar-refractivity contribution in [1.29, 1.82) is 0 Å². The number of hydrogen-bond acceptors (Lipinski definition) is 3. The van der Waals surface area contributed by atoms with Crippen LogP contribution in [0.1, 0.15) is 13.8 Å². The van der Waals surface area contributed by atoms with Crippen molar-refractivity contribution in [3.05, 3.63) is 0 Å². The Kier molecular flexibility index (Phi) is 1.32. The van der Waals surface area contributed by atoms with Gasteiger partial charge in [-0.3, -0.25) is 0 Å². The average molecular weight is 113 g/mol. The summed E-state index contributed by atoms with van der Waals surface area (Å²) in [5.74, 6) is 0. The van der Waals surface area contributed by atoms with Gasteiger partial charge in [-0.25, -0.2) is 0 Å². The molecular weight excluding hydrogens is 104 g/mol. The average Bonchev–Trinajstić information content (AvgIpc) is 2.12. The molecule has 0 unspecified atom stereocenters. The van der Waals surface area contributed by atoms with E-state index < -0.39 is 0 Å². The van der Waals surface area contributed by atoms with Gasteiger partial charge >= 0.3 is 0 Å². The molecule has 0 aromatic rings. The first-order chi connectivity index (χ1) is 3.80. The molecule has 44 valence electrons. The summed E-state index contributed by atoms with van der Waals surface area (Å²) in [4.78, 5) is 1.61. The smallest absolute Gasteiger partial charge is 0.0465 e. The second-order valence-electron chi connectivity index (χ2n) is 1.93. The summed E-state index contributed by atoms with van der Waals surface area (Å²) >= 11 is 0. The SMILES string of the molecule is CC(C)[N+]1=NCN=N1. The maximum absolute atomic E-state index is 3.94. The Morgan fingerprint density at radius 1 is 1.50 bits per heavy atom. The molecule has 0 saturated carbocycles. The second-order valence-corrected chi connectivity index (χ2v) is 1.93. The summed E-state index contributed by atoms with van der Waals surface area (Å²) < 4.78 is 0. The van der Waals surface area contributed by atoms with Crippen molar-refractivity contribution in [2.75, 3.05) is 6.67 Å². The van der Waals surface area contributed by atoms with Crippen molar-refractivity contribution < 1.29 is 4.81 Å². The van der Waals surface area contributed by atoms with E-state index in [1.807, 2.05) is 13.8 Å². The van der Waals surface area contributed by atoms with Crippen molar-refractivity contribution in [1.82, 2.24) is 0 Å². The zero-order chi connectivity index (χ0) is 5.98. The van der Waals surface area contributed by atoms with Crippen LogP contribution in [0.15, 0.2) is 15.5 Å². The highest BCUT2D eigenvalue weighted by Gasteiger charge is 2.11. The minimum absolute atomic E-state index is 0.348. The highest BCUT2D eigenvalue weighted by molar-refractivity contribution is 4.31. The largest absolute Gasteiger partial charge is 0.286 e. The van der Waals surface area contributed by atoms with Crippen molar-refractivity contribution in [2.24, 2.45) is 15.5 Å². The van der Waals surface area contributed by atoms with Crippen molar-refractivity contribution >= 4 is 0 Å². The zero-order valence-corrected chi connectivity index (χ0v) is 5.07. The lowest BCUT2D eigenvalue weighted by Gasteiger charge is -1.90. The van der Waals surface area contributed by atoms with Gasteiger partial charge in [0.1, 0.15) is 6.04 Å². The van der Waals surface area contributed by atoms with Crippen molar-refractivity contribution in [3.63, 3.8) is 0 Å². The van der Waals surface area contributed by atoms with Gasteiger partial charge in [-0.05, 0) is 23.8 Å². The van der Waals surface area contributed by atoms with Gasteiger partial charge in [-0.15, -0.1) is 0 Å². The van der Waals surface area contributed by atoms with Crippen LogP contribution in [-0.4, -0.2) is 17.5 Å². The molecular formula is C4H9N4+. The summed E-state index contributed by atoms with van der Waals surface area (Å²) in [7, 11) is 0. The van der Waals surface area contributed by atoms with Crippen molar-refractivity contribution in [2.45, 2.75) is 19.9 Å². The third kappa shape index (κ3) is 0.882. The maximum atomic E-state index is 3.94. The molecule has 1 heterocycles. The molecule has 0 saturated heterocycles. The third-order valence-corrected chi connectivity index (χ3v) is 0.888. The number of azo groups is 1. The van der Waals surface area contributed by atoms with Gasteiger partial charge in [0.05, 0.1) is 5.11 Å².